The van der Waals surface area contributed by atoms with Crippen molar-refractivity contribution in [3.8, 4) is 0 Å². The number of H-pyrrole nitrogens is 1. The third kappa shape index (κ3) is 1.62. The summed E-state index contributed by atoms with van der Waals surface area (Å²) in [5, 5.41) is 1.10. The first-order valence-corrected chi connectivity index (χ1v) is 4.89. The summed E-state index contributed by atoms with van der Waals surface area (Å²) in [6.07, 6.45) is 3.41. The van der Waals surface area contributed by atoms with Crippen LogP contribution in [-0.4, -0.2) is 11.1 Å². The first-order chi connectivity index (χ1) is 6.81. The van der Waals surface area contributed by atoms with Crippen molar-refractivity contribution in [1.29, 1.82) is 0 Å². The number of nitrogens with zero attached hydrogens (tertiary/aromatic N) is 1. The van der Waals surface area contributed by atoms with Crippen molar-refractivity contribution < 1.29 is 4.79 Å². The van der Waals surface area contributed by atoms with Crippen molar-refractivity contribution >= 4 is 32.9 Å². The van der Waals surface area contributed by atoms with Crippen LogP contribution in [0.25, 0.3) is 10.9 Å². The van der Waals surface area contributed by atoms with Gasteiger partial charge in [0.15, 0.2) is 0 Å². The Morgan fingerprint density at radius 3 is 3.14 bits per heavy atom. The van der Waals surface area contributed by atoms with Crippen LogP contribution in [-0.2, 0) is 11.3 Å². The third-order valence-electron chi connectivity index (χ3n) is 2.02. The zero-order chi connectivity index (χ0) is 9.97. The molecule has 14 heavy (non-hydrogen) atoms. The van der Waals surface area contributed by atoms with Crippen LogP contribution in [0.1, 0.15) is 5.56 Å². The molecule has 0 aliphatic carbocycles. The summed E-state index contributed by atoms with van der Waals surface area (Å²) in [7, 11) is 0. The van der Waals surface area contributed by atoms with Crippen LogP contribution in [0, 0.1) is 0 Å². The minimum Gasteiger partial charge on any atom is -0.360 e. The Balaban J connectivity index is 2.48. The van der Waals surface area contributed by atoms with E-state index in [4.69, 9.17) is 0 Å². The fourth-order valence-corrected chi connectivity index (χ4v) is 1.80. The minimum absolute atomic E-state index is 0.386. The smallest absolute Gasteiger partial charge is 0.235 e. The number of hydrogen-bond donors (Lipinski definition) is 1. The van der Waals surface area contributed by atoms with Crippen LogP contribution in [0.5, 0.6) is 0 Å². The molecule has 0 radical (unpaired) electrons. The van der Waals surface area contributed by atoms with Crippen LogP contribution in [0.4, 0.5) is 0 Å². The SMILES string of the molecule is O=C=NCc1ccc2[nH]cc(Br)c2c1. The number of aromatic amines is 1. The number of aromatic nitrogens is 1. The lowest BCUT2D eigenvalue weighted by atomic mass is 10.1. The zero-order valence-corrected chi connectivity index (χ0v) is 8.84. The van der Waals surface area contributed by atoms with Gasteiger partial charge >= 0.3 is 0 Å². The molecule has 0 aliphatic rings. The molecular weight excluding hydrogens is 244 g/mol. The van der Waals surface area contributed by atoms with Crippen LogP contribution >= 0.6 is 15.9 Å². The lowest BCUT2D eigenvalue weighted by Crippen LogP contribution is -1.80. The van der Waals surface area contributed by atoms with Gasteiger partial charge in [-0.25, -0.2) is 9.79 Å². The molecule has 3 nitrogen and oxygen atoms in total. The van der Waals surface area contributed by atoms with E-state index in [9.17, 15) is 4.79 Å². The molecule has 1 aromatic heterocycles. The van der Waals surface area contributed by atoms with E-state index in [0.29, 0.717) is 6.54 Å². The van der Waals surface area contributed by atoms with Gasteiger partial charge in [-0.3, -0.25) is 0 Å². The number of carbonyl (C=O) groups excluding carboxylic acids is 1. The van der Waals surface area contributed by atoms with Crippen LogP contribution in [0.3, 0.4) is 0 Å². The highest BCUT2D eigenvalue weighted by molar-refractivity contribution is 9.10. The maximum absolute atomic E-state index is 9.95. The van der Waals surface area contributed by atoms with Crippen molar-refractivity contribution in [3.63, 3.8) is 0 Å². The predicted molar refractivity (Wildman–Crippen MR) is 57.8 cm³/mol. The van der Waals surface area contributed by atoms with Gasteiger partial charge in [-0.2, -0.15) is 0 Å². The molecule has 0 saturated carbocycles. The second-order valence-electron chi connectivity index (χ2n) is 2.92. The lowest BCUT2D eigenvalue weighted by molar-refractivity contribution is 0.563. The molecule has 1 heterocycles. The van der Waals surface area contributed by atoms with Gasteiger partial charge in [0, 0.05) is 21.6 Å². The summed E-state index contributed by atoms with van der Waals surface area (Å²) in [5.41, 5.74) is 2.07. The summed E-state index contributed by atoms with van der Waals surface area (Å²) >= 11 is 3.43. The van der Waals surface area contributed by atoms with E-state index in [2.05, 4.69) is 25.9 Å². The lowest BCUT2D eigenvalue weighted by Gasteiger charge is -1.95. The van der Waals surface area contributed by atoms with E-state index in [1.54, 1.807) is 0 Å². The van der Waals surface area contributed by atoms with Gasteiger partial charge in [-0.15, -0.1) is 0 Å². The Labute approximate surface area is 89.0 Å². The van der Waals surface area contributed by atoms with Crippen molar-refractivity contribution in [2.75, 3.05) is 0 Å². The quantitative estimate of drug-likeness (QED) is 0.647. The number of hydrogen-bond acceptors (Lipinski definition) is 2. The van der Waals surface area contributed by atoms with Gasteiger partial charge in [-0.1, -0.05) is 6.07 Å². The number of halogens is 1. The molecule has 70 valence electrons. The van der Waals surface area contributed by atoms with E-state index in [1.165, 1.54) is 6.08 Å². The Morgan fingerprint density at radius 1 is 1.50 bits per heavy atom. The van der Waals surface area contributed by atoms with Crippen LogP contribution in [0.2, 0.25) is 0 Å². The number of rotatable bonds is 2. The van der Waals surface area contributed by atoms with E-state index in [1.807, 2.05) is 24.4 Å². The van der Waals surface area contributed by atoms with Gasteiger partial charge in [0.2, 0.25) is 6.08 Å². The molecule has 0 fully saturated rings. The normalized spacial score (nSPS) is 10.1. The predicted octanol–water partition coefficient (Wildman–Crippen LogP) is 2.77. The first kappa shape index (κ1) is 9.19. The second kappa shape index (κ2) is 3.78. The zero-order valence-electron chi connectivity index (χ0n) is 7.25. The number of nitrogens with one attached hydrogen (secondary N) is 1. The van der Waals surface area contributed by atoms with E-state index in [0.717, 1.165) is 20.9 Å². The fraction of sp³-hybridized carbons (Fsp3) is 0.100. The van der Waals surface area contributed by atoms with E-state index < -0.39 is 0 Å². The molecular formula is C10H7BrN2O. The van der Waals surface area contributed by atoms with Gasteiger partial charge < -0.3 is 4.98 Å². The Hall–Kier alpha value is -1.38. The minimum atomic E-state index is 0.386. The van der Waals surface area contributed by atoms with Crippen molar-refractivity contribution in [1.82, 2.24) is 4.98 Å². The van der Waals surface area contributed by atoms with Crippen LogP contribution in [0.15, 0.2) is 33.9 Å². The molecule has 4 heteroatoms. The topological polar surface area (TPSA) is 45.2 Å². The average Bonchev–Trinajstić information content (AvgIpc) is 2.57. The number of aliphatic imine (C=N–C) groups is 1. The largest absolute Gasteiger partial charge is 0.360 e. The molecule has 0 unspecified atom stereocenters. The van der Waals surface area contributed by atoms with Crippen LogP contribution < -0.4 is 0 Å². The summed E-state index contributed by atoms with van der Waals surface area (Å²) in [6.45, 7) is 0.386. The fourth-order valence-electron chi connectivity index (χ4n) is 1.36. The van der Waals surface area contributed by atoms with Gasteiger partial charge in [0.25, 0.3) is 0 Å². The number of isocyanates is 1. The highest BCUT2D eigenvalue weighted by atomic mass is 79.9. The molecule has 0 aliphatic heterocycles. The molecule has 2 rings (SSSR count). The van der Waals surface area contributed by atoms with Crippen molar-refractivity contribution in [2.45, 2.75) is 6.54 Å². The first-order valence-electron chi connectivity index (χ1n) is 4.10. The Morgan fingerprint density at radius 2 is 2.36 bits per heavy atom. The average molecular weight is 251 g/mol. The number of fused-ring (bicyclic) bond motifs is 1. The summed E-state index contributed by atoms with van der Waals surface area (Å²) in [5.74, 6) is 0. The molecule has 0 spiro atoms. The van der Waals surface area contributed by atoms with E-state index >= 15 is 0 Å². The molecule has 1 aromatic carbocycles. The van der Waals surface area contributed by atoms with Crippen molar-refractivity contribution in [3.05, 3.63) is 34.4 Å². The summed E-state index contributed by atoms with van der Waals surface area (Å²) in [6, 6.07) is 5.90. The second-order valence-corrected chi connectivity index (χ2v) is 3.78. The van der Waals surface area contributed by atoms with Crippen molar-refractivity contribution in [2.24, 2.45) is 4.99 Å². The molecule has 0 amide bonds. The van der Waals surface area contributed by atoms with E-state index in [-0.39, 0.29) is 0 Å². The summed E-state index contributed by atoms with van der Waals surface area (Å²) < 4.78 is 1.02. The van der Waals surface area contributed by atoms with Gasteiger partial charge in [0.1, 0.15) is 0 Å². The Kier molecular flexibility index (Phi) is 2.48. The monoisotopic (exact) mass is 250 g/mol. The standard InChI is InChI=1S/C10H7BrN2O/c11-9-5-13-10-2-1-7(3-8(9)10)4-12-6-14/h1-3,5,13H,4H2. The highest BCUT2D eigenvalue weighted by Gasteiger charge is 2.01. The maximum Gasteiger partial charge on any atom is 0.235 e. The molecule has 0 bridgehead atoms. The van der Waals surface area contributed by atoms with Gasteiger partial charge in [-0.05, 0) is 33.6 Å². The van der Waals surface area contributed by atoms with Gasteiger partial charge in [0.05, 0.1) is 6.54 Å². The Bertz CT molecular complexity index is 512. The number of benzene rings is 1. The highest BCUT2D eigenvalue weighted by Crippen LogP contribution is 2.24. The molecule has 0 saturated heterocycles. The molecule has 2 aromatic rings. The summed E-state index contributed by atoms with van der Waals surface area (Å²) in [4.78, 5) is 16.6. The third-order valence-corrected chi connectivity index (χ3v) is 2.68. The molecule has 1 N–H and O–H groups in total. The molecule has 0 atom stereocenters. The maximum atomic E-state index is 9.95.